The number of aliphatic hydroxyl groups is 1. The molecule has 0 radical (unpaired) electrons. The Balaban J connectivity index is 2.80. The fourth-order valence-electron chi connectivity index (χ4n) is 1.71. The average molecular weight is 242 g/mol. The lowest BCUT2D eigenvalue weighted by molar-refractivity contribution is -0.125. The van der Waals surface area contributed by atoms with Crippen molar-refractivity contribution in [2.45, 2.75) is 25.7 Å². The minimum atomic E-state index is -3.03. The second-order valence-electron chi connectivity index (χ2n) is 4.09. The van der Waals surface area contributed by atoms with Crippen LogP contribution in [-0.4, -0.2) is 17.5 Å². The van der Waals surface area contributed by atoms with Gasteiger partial charge in [0.25, 0.3) is 5.92 Å². The van der Waals surface area contributed by atoms with Gasteiger partial charge in [0.1, 0.15) is 5.78 Å². The minimum absolute atomic E-state index is 0.0811. The smallest absolute Gasteiger partial charge is 0.273 e. The summed E-state index contributed by atoms with van der Waals surface area (Å²) in [5, 5.41) is 8.76. The van der Waals surface area contributed by atoms with E-state index < -0.39 is 18.3 Å². The summed E-state index contributed by atoms with van der Waals surface area (Å²) in [7, 11) is 0. The highest BCUT2D eigenvalue weighted by molar-refractivity contribution is 5.78. The second kappa shape index (κ2) is 5.87. The van der Waals surface area contributed by atoms with Crippen LogP contribution in [0.1, 0.15) is 25.3 Å². The number of hydrogen-bond acceptors (Lipinski definition) is 2. The molecule has 0 fully saturated rings. The number of halogens is 2. The number of rotatable bonds is 6. The van der Waals surface area contributed by atoms with Crippen molar-refractivity contribution in [3.63, 3.8) is 0 Å². The Labute approximate surface area is 99.3 Å². The van der Waals surface area contributed by atoms with Crippen LogP contribution in [0.4, 0.5) is 8.78 Å². The van der Waals surface area contributed by atoms with Crippen LogP contribution in [0.15, 0.2) is 30.3 Å². The molecule has 17 heavy (non-hydrogen) atoms. The molecular formula is C13H16F2O2. The van der Waals surface area contributed by atoms with Crippen molar-refractivity contribution in [1.29, 1.82) is 0 Å². The Morgan fingerprint density at radius 3 is 2.41 bits per heavy atom. The van der Waals surface area contributed by atoms with E-state index in [0.29, 0.717) is 0 Å². The third kappa shape index (κ3) is 3.89. The quantitative estimate of drug-likeness (QED) is 0.832. The summed E-state index contributed by atoms with van der Waals surface area (Å²) in [6, 6.07) is 7.43. The highest BCUT2D eigenvalue weighted by atomic mass is 19.3. The van der Waals surface area contributed by atoms with Crippen molar-refractivity contribution in [3.8, 4) is 0 Å². The van der Waals surface area contributed by atoms with Gasteiger partial charge in [-0.2, -0.15) is 0 Å². The number of hydrogen-bond donors (Lipinski definition) is 1. The van der Waals surface area contributed by atoms with Crippen LogP contribution in [0.2, 0.25) is 0 Å². The van der Waals surface area contributed by atoms with Crippen LogP contribution < -0.4 is 0 Å². The molecule has 0 aromatic heterocycles. The van der Waals surface area contributed by atoms with Gasteiger partial charge < -0.3 is 5.11 Å². The maximum atomic E-state index is 13.9. The Bertz CT molecular complexity index is 363. The lowest BCUT2D eigenvalue weighted by Crippen LogP contribution is -2.23. The van der Waals surface area contributed by atoms with E-state index in [1.54, 1.807) is 6.07 Å². The molecule has 4 heteroatoms. The first-order chi connectivity index (χ1) is 7.97. The summed E-state index contributed by atoms with van der Waals surface area (Å²) >= 11 is 0. The van der Waals surface area contributed by atoms with Crippen molar-refractivity contribution >= 4 is 5.78 Å². The van der Waals surface area contributed by atoms with Crippen molar-refractivity contribution in [2.24, 2.45) is 5.92 Å². The third-order valence-corrected chi connectivity index (χ3v) is 2.75. The molecule has 2 nitrogen and oxygen atoms in total. The Morgan fingerprint density at radius 1 is 1.35 bits per heavy atom. The predicted octanol–water partition coefficient (Wildman–Crippen LogP) is 2.76. The molecule has 1 atom stereocenters. The zero-order valence-electron chi connectivity index (χ0n) is 9.70. The molecule has 0 aliphatic carbocycles. The monoisotopic (exact) mass is 242 g/mol. The lowest BCUT2D eigenvalue weighted by Gasteiger charge is -2.21. The molecule has 0 bridgehead atoms. The van der Waals surface area contributed by atoms with Gasteiger partial charge in [-0.1, -0.05) is 30.3 Å². The van der Waals surface area contributed by atoms with E-state index in [1.165, 1.54) is 31.2 Å². The summed E-state index contributed by atoms with van der Waals surface area (Å²) in [5.41, 5.74) is -0.0933. The molecule has 0 aliphatic rings. The normalized spacial score (nSPS) is 13.4. The fraction of sp³-hybridized carbons (Fsp3) is 0.462. The first-order valence-electron chi connectivity index (χ1n) is 5.52. The van der Waals surface area contributed by atoms with Gasteiger partial charge in [-0.25, -0.2) is 8.78 Å². The number of carbonyl (C=O) groups is 1. The van der Waals surface area contributed by atoms with Gasteiger partial charge in [-0.3, -0.25) is 4.79 Å². The number of alkyl halides is 2. The zero-order valence-corrected chi connectivity index (χ0v) is 9.70. The van der Waals surface area contributed by atoms with E-state index in [1.807, 2.05) is 0 Å². The summed E-state index contributed by atoms with van der Waals surface area (Å²) in [6.45, 7) is 1.02. The molecule has 0 saturated carbocycles. The molecule has 0 aliphatic heterocycles. The summed E-state index contributed by atoms with van der Waals surface area (Å²) in [4.78, 5) is 11.2. The molecule has 0 spiro atoms. The summed E-state index contributed by atoms with van der Waals surface area (Å²) < 4.78 is 27.7. The molecule has 0 saturated heterocycles. The van der Waals surface area contributed by atoms with Crippen molar-refractivity contribution < 1.29 is 18.7 Å². The summed E-state index contributed by atoms with van der Waals surface area (Å²) in [5.74, 6) is -4.14. The zero-order chi connectivity index (χ0) is 12.9. The van der Waals surface area contributed by atoms with Crippen molar-refractivity contribution in [1.82, 2.24) is 0 Å². The molecule has 94 valence electrons. The predicted molar refractivity (Wildman–Crippen MR) is 60.8 cm³/mol. The van der Waals surface area contributed by atoms with Crippen LogP contribution in [-0.2, 0) is 10.7 Å². The molecule has 0 amide bonds. The van der Waals surface area contributed by atoms with Gasteiger partial charge in [0, 0.05) is 24.5 Å². The van der Waals surface area contributed by atoms with E-state index in [9.17, 15) is 13.6 Å². The molecule has 1 N–H and O–H groups in total. The van der Waals surface area contributed by atoms with E-state index in [2.05, 4.69) is 0 Å². The van der Waals surface area contributed by atoms with Gasteiger partial charge in [-0.05, 0) is 13.3 Å². The van der Waals surface area contributed by atoms with E-state index in [-0.39, 0.29) is 24.4 Å². The minimum Gasteiger partial charge on any atom is -0.396 e. The Hall–Kier alpha value is -1.29. The number of aliphatic hydroxyl groups excluding tert-OH is 1. The number of carbonyl (C=O) groups excluding carboxylic acids is 1. The van der Waals surface area contributed by atoms with Crippen LogP contribution >= 0.6 is 0 Å². The van der Waals surface area contributed by atoms with Crippen LogP contribution in [0.5, 0.6) is 0 Å². The first-order valence-corrected chi connectivity index (χ1v) is 5.52. The number of benzene rings is 1. The topological polar surface area (TPSA) is 37.3 Å². The standard InChI is InChI=1S/C13H16F2O2/c1-10(17)11(7-8-16)9-13(14,15)12-5-3-2-4-6-12/h2-6,11,16H,7-9H2,1H3. The molecule has 1 rings (SSSR count). The maximum absolute atomic E-state index is 13.9. The van der Waals surface area contributed by atoms with Crippen molar-refractivity contribution in [2.75, 3.05) is 6.61 Å². The average Bonchev–Trinajstić information content (AvgIpc) is 2.29. The molecular weight excluding hydrogens is 226 g/mol. The van der Waals surface area contributed by atoms with Crippen molar-refractivity contribution in [3.05, 3.63) is 35.9 Å². The molecule has 0 heterocycles. The van der Waals surface area contributed by atoms with Gasteiger partial charge in [-0.15, -0.1) is 0 Å². The largest absolute Gasteiger partial charge is 0.396 e. The highest BCUT2D eigenvalue weighted by Gasteiger charge is 2.35. The lowest BCUT2D eigenvalue weighted by atomic mass is 9.91. The Kier molecular flexibility index (Phi) is 4.75. The number of Topliss-reactive ketones (excluding diaryl/α,β-unsaturated/α-hetero) is 1. The van der Waals surface area contributed by atoms with E-state index in [0.717, 1.165) is 0 Å². The van der Waals surface area contributed by atoms with Gasteiger partial charge in [0.15, 0.2) is 0 Å². The van der Waals surface area contributed by atoms with E-state index in [4.69, 9.17) is 5.11 Å². The molecule has 1 aromatic carbocycles. The highest BCUT2D eigenvalue weighted by Crippen LogP contribution is 2.35. The Morgan fingerprint density at radius 2 is 1.94 bits per heavy atom. The van der Waals surface area contributed by atoms with Gasteiger partial charge >= 0.3 is 0 Å². The van der Waals surface area contributed by atoms with Crippen LogP contribution in [0.3, 0.4) is 0 Å². The fourth-order valence-corrected chi connectivity index (χ4v) is 1.71. The molecule has 1 aromatic rings. The van der Waals surface area contributed by atoms with Gasteiger partial charge in [0.05, 0.1) is 0 Å². The number of ketones is 1. The molecule has 1 unspecified atom stereocenters. The SMILES string of the molecule is CC(=O)C(CCO)CC(F)(F)c1ccccc1. The van der Waals surface area contributed by atoms with E-state index >= 15 is 0 Å². The van der Waals surface area contributed by atoms with Crippen LogP contribution in [0, 0.1) is 5.92 Å². The second-order valence-corrected chi connectivity index (χ2v) is 4.09. The summed E-state index contributed by atoms with van der Waals surface area (Å²) in [6.07, 6.45) is -0.468. The first kappa shape index (κ1) is 13.8. The maximum Gasteiger partial charge on any atom is 0.273 e. The third-order valence-electron chi connectivity index (χ3n) is 2.75. The van der Waals surface area contributed by atoms with Crippen LogP contribution in [0.25, 0.3) is 0 Å². The van der Waals surface area contributed by atoms with Gasteiger partial charge in [0.2, 0.25) is 0 Å².